The van der Waals surface area contributed by atoms with Crippen molar-refractivity contribution in [2.75, 3.05) is 13.1 Å². The molecular formula is C33H31N2O2S+. The average molecular weight is 520 g/mol. The molecule has 2 aliphatic heterocycles. The lowest BCUT2D eigenvalue weighted by Gasteiger charge is -2.32. The molecule has 2 heterocycles. The lowest BCUT2D eigenvalue weighted by atomic mass is 9.90. The number of benzene rings is 4. The van der Waals surface area contributed by atoms with Crippen LogP contribution in [0.1, 0.15) is 39.9 Å². The third-order valence-corrected chi connectivity index (χ3v) is 9.06. The fourth-order valence-corrected chi connectivity index (χ4v) is 6.79. The van der Waals surface area contributed by atoms with E-state index in [-0.39, 0.29) is 5.91 Å². The van der Waals surface area contributed by atoms with Gasteiger partial charge in [0.25, 0.3) is 5.91 Å². The summed E-state index contributed by atoms with van der Waals surface area (Å²) in [4.78, 5) is 15.9. The van der Waals surface area contributed by atoms with Gasteiger partial charge in [-0.2, -0.15) is 8.51 Å². The van der Waals surface area contributed by atoms with Crippen molar-refractivity contribution in [3.8, 4) is 0 Å². The molecule has 38 heavy (non-hydrogen) atoms. The molecule has 1 amide bonds. The number of carbonyl (C=O) groups is 1. The summed E-state index contributed by atoms with van der Waals surface area (Å²) in [5.41, 5.74) is 6.33. The molecular weight excluding hydrogens is 488 g/mol. The predicted octanol–water partition coefficient (Wildman–Crippen LogP) is 5.42. The topological polar surface area (TPSA) is 41.8 Å². The summed E-state index contributed by atoms with van der Waals surface area (Å²) >= 11 is 0. The second-order valence-electron chi connectivity index (χ2n) is 10.1. The zero-order chi connectivity index (χ0) is 25.9. The number of hydrogen-bond acceptors (Lipinski definition) is 2. The molecule has 0 aliphatic carbocycles. The Morgan fingerprint density at radius 2 is 1.42 bits per heavy atom. The Labute approximate surface area is 226 Å². The van der Waals surface area contributed by atoms with Gasteiger partial charge in [0, 0.05) is 30.3 Å². The van der Waals surface area contributed by atoms with Crippen LogP contribution < -0.4 is 4.31 Å². The zero-order valence-electron chi connectivity index (χ0n) is 21.3. The standard InChI is InChI=1S/C33H30N2O2S/c36-33(34-21-19-26(20-22-34)23-25-9-3-1-4-10-25)28-15-17-29(18-16-28)38(37)35-24-31(27-11-5-2-6-12-27)30-13-7-8-14-32(30)35/h1-18,24,26H,19-23H2/p+1. The maximum atomic E-state index is 13.7. The lowest BCUT2D eigenvalue weighted by molar-refractivity contribution is -0.613. The number of fused-ring (bicyclic) bond motifs is 1. The van der Waals surface area contributed by atoms with Gasteiger partial charge in [-0.25, -0.2) is 0 Å². The molecule has 2 atom stereocenters. The van der Waals surface area contributed by atoms with Gasteiger partial charge in [0.1, 0.15) is 6.20 Å². The maximum absolute atomic E-state index is 13.7. The molecule has 0 spiro atoms. The maximum Gasteiger partial charge on any atom is 0.253 e. The van der Waals surface area contributed by atoms with Crippen molar-refractivity contribution in [3.63, 3.8) is 0 Å². The highest BCUT2D eigenvalue weighted by Gasteiger charge is 2.32. The van der Waals surface area contributed by atoms with Crippen molar-refractivity contribution in [1.82, 2.24) is 4.90 Å². The second-order valence-corrected chi connectivity index (χ2v) is 11.5. The van der Waals surface area contributed by atoms with E-state index in [1.807, 2.05) is 65.6 Å². The Morgan fingerprint density at radius 3 is 2.13 bits per heavy atom. The molecule has 2 unspecified atom stereocenters. The van der Waals surface area contributed by atoms with E-state index in [1.54, 1.807) is 0 Å². The number of nitrogens with one attached hydrogen (secondary N) is 1. The second kappa shape index (κ2) is 10.9. The molecule has 0 saturated carbocycles. The number of likely N-dealkylation sites (tertiary alicyclic amines) is 1. The van der Waals surface area contributed by atoms with Crippen molar-refractivity contribution >= 4 is 28.2 Å². The van der Waals surface area contributed by atoms with Crippen molar-refractivity contribution in [2.24, 2.45) is 5.92 Å². The molecule has 4 aromatic carbocycles. The van der Waals surface area contributed by atoms with E-state index in [0.717, 1.165) is 59.0 Å². The van der Waals surface area contributed by atoms with E-state index in [2.05, 4.69) is 54.7 Å². The SMILES string of the molecule is O=C(c1ccc(S(=O)[NH+]2C=C(c3ccccc3)c3ccccc32)cc1)N1CCC(Cc2ccccc2)CC1. The van der Waals surface area contributed by atoms with Crippen LogP contribution in [0.25, 0.3) is 5.57 Å². The molecule has 1 saturated heterocycles. The summed E-state index contributed by atoms with van der Waals surface area (Å²) in [7, 11) is -1.35. The smallest absolute Gasteiger partial charge is 0.253 e. The molecule has 4 nitrogen and oxygen atoms in total. The average Bonchev–Trinajstić information content (AvgIpc) is 3.38. The van der Waals surface area contributed by atoms with Crippen LogP contribution in [0.4, 0.5) is 5.69 Å². The van der Waals surface area contributed by atoms with Gasteiger partial charge in [-0.15, -0.1) is 0 Å². The molecule has 1 fully saturated rings. The fraction of sp³-hybridized carbons (Fsp3) is 0.182. The van der Waals surface area contributed by atoms with Crippen LogP contribution in [-0.2, 0) is 17.4 Å². The van der Waals surface area contributed by atoms with Gasteiger partial charge in [-0.1, -0.05) is 72.8 Å². The third-order valence-electron chi connectivity index (χ3n) is 7.63. The number of rotatable bonds is 6. The van der Waals surface area contributed by atoms with Crippen LogP contribution >= 0.6 is 0 Å². The number of quaternary nitrogens is 1. The van der Waals surface area contributed by atoms with Gasteiger partial charge in [-0.05, 0) is 66.6 Å². The number of carbonyl (C=O) groups excluding carboxylic acids is 1. The first kappa shape index (κ1) is 24.5. The molecule has 0 aromatic heterocycles. The fourth-order valence-electron chi connectivity index (χ4n) is 5.55. The van der Waals surface area contributed by atoms with Crippen LogP contribution in [0, 0.1) is 5.92 Å². The van der Waals surface area contributed by atoms with Crippen LogP contribution in [0.3, 0.4) is 0 Å². The highest BCUT2D eigenvalue weighted by molar-refractivity contribution is 7.78. The van der Waals surface area contributed by atoms with E-state index in [9.17, 15) is 9.00 Å². The quantitative estimate of drug-likeness (QED) is 0.370. The minimum atomic E-state index is -1.35. The summed E-state index contributed by atoms with van der Waals surface area (Å²) in [6.07, 6.45) is 5.17. The van der Waals surface area contributed by atoms with Gasteiger partial charge in [0.05, 0.1) is 10.5 Å². The number of hydrogen-bond donors (Lipinski definition) is 1. The van der Waals surface area contributed by atoms with Crippen molar-refractivity contribution in [1.29, 1.82) is 0 Å². The summed E-state index contributed by atoms with van der Waals surface area (Å²) in [6, 6.07) is 36.3. The number of amides is 1. The predicted molar refractivity (Wildman–Crippen MR) is 152 cm³/mol. The Hall–Kier alpha value is -3.80. The van der Waals surface area contributed by atoms with E-state index in [1.165, 1.54) is 5.56 Å². The highest BCUT2D eigenvalue weighted by atomic mass is 32.2. The van der Waals surface area contributed by atoms with E-state index in [4.69, 9.17) is 0 Å². The summed E-state index contributed by atoms with van der Waals surface area (Å²) in [6.45, 7) is 1.57. The molecule has 190 valence electrons. The van der Waals surface area contributed by atoms with Crippen molar-refractivity contribution < 1.29 is 13.3 Å². The first-order valence-electron chi connectivity index (χ1n) is 13.3. The van der Waals surface area contributed by atoms with E-state index >= 15 is 0 Å². The van der Waals surface area contributed by atoms with Crippen LogP contribution in [0.15, 0.2) is 120 Å². The molecule has 6 rings (SSSR count). The molecule has 5 heteroatoms. The van der Waals surface area contributed by atoms with Crippen molar-refractivity contribution in [3.05, 3.63) is 138 Å². The van der Waals surface area contributed by atoms with Gasteiger partial charge < -0.3 is 4.90 Å². The highest BCUT2D eigenvalue weighted by Crippen LogP contribution is 2.31. The van der Waals surface area contributed by atoms with Gasteiger partial charge in [0.15, 0.2) is 5.69 Å². The summed E-state index contributed by atoms with van der Waals surface area (Å²) in [5.74, 6) is 0.678. The number of piperidine rings is 1. The largest absolute Gasteiger partial charge is 0.339 e. The first-order valence-corrected chi connectivity index (χ1v) is 14.4. The van der Waals surface area contributed by atoms with Crippen molar-refractivity contribution in [2.45, 2.75) is 24.2 Å². The van der Waals surface area contributed by atoms with Crippen LogP contribution in [0.2, 0.25) is 0 Å². The normalized spacial score (nSPS) is 18.1. The molecule has 0 radical (unpaired) electrons. The first-order chi connectivity index (χ1) is 18.7. The molecule has 4 aromatic rings. The summed E-state index contributed by atoms with van der Waals surface area (Å²) in [5, 5.41) is 0. The number of para-hydroxylation sites is 1. The van der Waals surface area contributed by atoms with Gasteiger partial charge >= 0.3 is 0 Å². The Balaban J connectivity index is 1.13. The van der Waals surface area contributed by atoms with Crippen LogP contribution in [0.5, 0.6) is 0 Å². The van der Waals surface area contributed by atoms with Gasteiger partial charge in [0.2, 0.25) is 11.0 Å². The number of nitrogens with zero attached hydrogens (tertiary/aromatic N) is 1. The Morgan fingerprint density at radius 1 is 0.789 bits per heavy atom. The lowest BCUT2D eigenvalue weighted by Crippen LogP contribution is -3.01. The van der Waals surface area contributed by atoms with Crippen LogP contribution in [-0.4, -0.2) is 28.1 Å². The minimum Gasteiger partial charge on any atom is -0.339 e. The third kappa shape index (κ3) is 5.00. The zero-order valence-corrected chi connectivity index (χ0v) is 22.1. The molecule has 2 aliphatic rings. The Kier molecular flexibility index (Phi) is 7.04. The van der Waals surface area contributed by atoms with Gasteiger partial charge in [-0.3, -0.25) is 4.79 Å². The molecule has 1 N–H and O–H groups in total. The van der Waals surface area contributed by atoms with E-state index < -0.39 is 11.0 Å². The minimum absolute atomic E-state index is 0.0608. The monoisotopic (exact) mass is 519 g/mol. The van der Waals surface area contributed by atoms with E-state index in [0.29, 0.717) is 16.4 Å². The molecule has 0 bridgehead atoms. The Bertz CT molecular complexity index is 1470. The summed E-state index contributed by atoms with van der Waals surface area (Å²) < 4.78 is 14.5.